The Hall–Kier alpha value is -2.32. The molecule has 2 aromatic carbocycles. The van der Waals surface area contributed by atoms with E-state index in [9.17, 15) is 13.2 Å². The van der Waals surface area contributed by atoms with Gasteiger partial charge in [0.15, 0.2) is 0 Å². The Morgan fingerprint density at radius 3 is 2.46 bits per heavy atom. The molecular formula is C20H20F3N3OS. The zero-order chi connectivity index (χ0) is 19.6. The first-order valence-corrected chi connectivity index (χ1v) is 10.0. The molecule has 1 aromatic heterocycles. The monoisotopic (exact) mass is 407 g/mol. The van der Waals surface area contributed by atoms with E-state index >= 15 is 0 Å². The van der Waals surface area contributed by atoms with Crippen molar-refractivity contribution in [2.75, 3.05) is 37.6 Å². The number of hydrogen-bond acceptors (Lipinski definition) is 5. The van der Waals surface area contributed by atoms with Crippen molar-refractivity contribution in [2.24, 2.45) is 0 Å². The largest absolute Gasteiger partial charge is 0.573 e. The number of alkyl halides is 3. The Bertz CT molecular complexity index is 918. The van der Waals surface area contributed by atoms with Crippen molar-refractivity contribution in [3.63, 3.8) is 0 Å². The smallest absolute Gasteiger partial charge is 0.406 e. The SMILES string of the molecule is FC(F)(F)Oc1ccc(CCN2CCN(c3cccc4scnc34)CC2)cc1. The van der Waals surface area contributed by atoms with Crippen LogP contribution in [0.4, 0.5) is 18.9 Å². The zero-order valence-electron chi connectivity index (χ0n) is 15.2. The number of halogens is 3. The van der Waals surface area contributed by atoms with Crippen LogP contribution < -0.4 is 9.64 Å². The highest BCUT2D eigenvalue weighted by molar-refractivity contribution is 7.16. The minimum Gasteiger partial charge on any atom is -0.406 e. The minimum atomic E-state index is -4.65. The summed E-state index contributed by atoms with van der Waals surface area (Å²) in [5.41, 5.74) is 5.15. The molecule has 148 valence electrons. The van der Waals surface area contributed by atoms with Crippen molar-refractivity contribution in [3.8, 4) is 5.75 Å². The molecule has 8 heteroatoms. The van der Waals surface area contributed by atoms with Crippen molar-refractivity contribution < 1.29 is 17.9 Å². The normalized spacial score (nSPS) is 15.9. The molecule has 28 heavy (non-hydrogen) atoms. The van der Waals surface area contributed by atoms with Gasteiger partial charge in [0.25, 0.3) is 0 Å². The maximum absolute atomic E-state index is 12.2. The van der Waals surface area contributed by atoms with E-state index in [-0.39, 0.29) is 5.75 Å². The second-order valence-corrected chi connectivity index (χ2v) is 7.63. The molecule has 1 saturated heterocycles. The van der Waals surface area contributed by atoms with Crippen molar-refractivity contribution in [1.29, 1.82) is 0 Å². The Kier molecular flexibility index (Phi) is 5.41. The van der Waals surface area contributed by atoms with Crippen LogP contribution in [0, 0.1) is 0 Å². The van der Waals surface area contributed by atoms with Crippen LogP contribution in [-0.2, 0) is 6.42 Å². The molecule has 1 fully saturated rings. The fourth-order valence-corrected chi connectivity index (χ4v) is 4.18. The van der Waals surface area contributed by atoms with Gasteiger partial charge in [-0.1, -0.05) is 18.2 Å². The number of ether oxygens (including phenoxy) is 1. The van der Waals surface area contributed by atoms with E-state index in [0.717, 1.165) is 50.2 Å². The maximum atomic E-state index is 12.2. The number of para-hydroxylation sites is 1. The number of aromatic nitrogens is 1. The van der Waals surface area contributed by atoms with Gasteiger partial charge in [0.2, 0.25) is 0 Å². The van der Waals surface area contributed by atoms with E-state index in [1.807, 2.05) is 5.51 Å². The molecule has 2 heterocycles. The van der Waals surface area contributed by atoms with Crippen LogP contribution in [0.1, 0.15) is 5.56 Å². The van der Waals surface area contributed by atoms with Crippen LogP contribution in [-0.4, -0.2) is 49.0 Å². The topological polar surface area (TPSA) is 28.6 Å². The average Bonchev–Trinajstić information content (AvgIpc) is 3.16. The maximum Gasteiger partial charge on any atom is 0.573 e. The summed E-state index contributed by atoms with van der Waals surface area (Å²) >= 11 is 1.66. The molecule has 4 nitrogen and oxygen atoms in total. The lowest BCUT2D eigenvalue weighted by atomic mass is 10.1. The minimum absolute atomic E-state index is 0.180. The van der Waals surface area contributed by atoms with Gasteiger partial charge in [-0.3, -0.25) is 4.90 Å². The Morgan fingerprint density at radius 1 is 1.00 bits per heavy atom. The van der Waals surface area contributed by atoms with E-state index in [1.54, 1.807) is 23.5 Å². The molecule has 0 saturated carbocycles. The lowest BCUT2D eigenvalue weighted by molar-refractivity contribution is -0.274. The lowest BCUT2D eigenvalue weighted by Crippen LogP contribution is -2.47. The fraction of sp³-hybridized carbons (Fsp3) is 0.350. The van der Waals surface area contributed by atoms with Gasteiger partial charge in [0.05, 0.1) is 15.9 Å². The van der Waals surface area contributed by atoms with Crippen LogP contribution in [0.3, 0.4) is 0 Å². The molecule has 0 atom stereocenters. The van der Waals surface area contributed by atoms with Gasteiger partial charge in [-0.25, -0.2) is 4.98 Å². The molecule has 4 rings (SSSR count). The molecule has 0 N–H and O–H groups in total. The molecule has 1 aliphatic heterocycles. The van der Waals surface area contributed by atoms with Crippen molar-refractivity contribution in [2.45, 2.75) is 12.8 Å². The van der Waals surface area contributed by atoms with E-state index in [2.05, 4.69) is 37.7 Å². The van der Waals surface area contributed by atoms with Crippen molar-refractivity contribution >= 4 is 27.2 Å². The van der Waals surface area contributed by atoms with Gasteiger partial charge in [-0.2, -0.15) is 0 Å². The quantitative estimate of drug-likeness (QED) is 0.620. The van der Waals surface area contributed by atoms with Gasteiger partial charge >= 0.3 is 6.36 Å². The number of benzene rings is 2. The van der Waals surface area contributed by atoms with Gasteiger partial charge in [-0.05, 0) is 36.2 Å². The predicted molar refractivity (Wildman–Crippen MR) is 105 cm³/mol. The third-order valence-electron chi connectivity index (χ3n) is 4.93. The number of hydrogen-bond donors (Lipinski definition) is 0. The Labute approximate surface area is 165 Å². The number of rotatable bonds is 5. The van der Waals surface area contributed by atoms with Crippen LogP contribution in [0.5, 0.6) is 5.75 Å². The van der Waals surface area contributed by atoms with Crippen LogP contribution >= 0.6 is 11.3 Å². The molecule has 0 radical (unpaired) electrons. The average molecular weight is 407 g/mol. The molecule has 0 spiro atoms. The zero-order valence-corrected chi connectivity index (χ0v) is 16.0. The highest BCUT2D eigenvalue weighted by Crippen LogP contribution is 2.29. The highest BCUT2D eigenvalue weighted by atomic mass is 32.1. The summed E-state index contributed by atoms with van der Waals surface area (Å²) < 4.78 is 41.8. The van der Waals surface area contributed by atoms with E-state index in [0.29, 0.717) is 0 Å². The molecule has 0 bridgehead atoms. The highest BCUT2D eigenvalue weighted by Gasteiger charge is 2.31. The first-order valence-electron chi connectivity index (χ1n) is 9.12. The molecular weight excluding hydrogens is 387 g/mol. The lowest BCUT2D eigenvalue weighted by Gasteiger charge is -2.36. The standard InChI is InChI=1S/C20H20F3N3OS/c21-20(22,23)27-16-6-4-15(5-7-16)8-9-25-10-12-26(13-11-25)17-2-1-3-18-19(17)24-14-28-18/h1-7,14H,8-13H2. The third-order valence-corrected chi connectivity index (χ3v) is 5.72. The van der Waals surface area contributed by atoms with Gasteiger partial charge in [0, 0.05) is 32.7 Å². The van der Waals surface area contributed by atoms with Crippen LogP contribution in [0.2, 0.25) is 0 Å². The molecule has 0 amide bonds. The first-order chi connectivity index (χ1) is 13.5. The molecule has 3 aromatic rings. The summed E-state index contributed by atoms with van der Waals surface area (Å²) in [4.78, 5) is 9.26. The Balaban J connectivity index is 1.28. The molecule has 0 aliphatic carbocycles. The summed E-state index contributed by atoms with van der Waals surface area (Å²) in [6, 6.07) is 12.4. The van der Waals surface area contributed by atoms with Gasteiger partial charge < -0.3 is 9.64 Å². The molecule has 0 unspecified atom stereocenters. The number of piperazine rings is 1. The number of fused-ring (bicyclic) bond motifs is 1. The second-order valence-electron chi connectivity index (χ2n) is 6.75. The van der Waals surface area contributed by atoms with E-state index in [1.165, 1.54) is 22.5 Å². The summed E-state index contributed by atoms with van der Waals surface area (Å²) in [7, 11) is 0. The Morgan fingerprint density at radius 2 is 1.75 bits per heavy atom. The number of anilines is 1. The predicted octanol–water partition coefficient (Wildman–Crippen LogP) is 4.56. The van der Waals surface area contributed by atoms with Crippen LogP contribution in [0.15, 0.2) is 48.0 Å². The number of thiazole rings is 1. The summed E-state index contributed by atoms with van der Waals surface area (Å²) in [5.74, 6) is -0.180. The third kappa shape index (κ3) is 4.56. The van der Waals surface area contributed by atoms with Gasteiger partial charge in [0.1, 0.15) is 11.3 Å². The van der Waals surface area contributed by atoms with E-state index in [4.69, 9.17) is 0 Å². The second kappa shape index (κ2) is 7.97. The van der Waals surface area contributed by atoms with Crippen molar-refractivity contribution in [3.05, 3.63) is 53.5 Å². The first kappa shape index (κ1) is 19.0. The van der Waals surface area contributed by atoms with Crippen molar-refractivity contribution in [1.82, 2.24) is 9.88 Å². The summed E-state index contributed by atoms with van der Waals surface area (Å²) in [5, 5.41) is 0. The van der Waals surface area contributed by atoms with Crippen LogP contribution in [0.25, 0.3) is 10.2 Å². The van der Waals surface area contributed by atoms with E-state index < -0.39 is 6.36 Å². The fourth-order valence-electron chi connectivity index (χ4n) is 3.48. The summed E-state index contributed by atoms with van der Waals surface area (Å²) in [6.07, 6.45) is -3.85. The number of nitrogens with zero attached hydrogens (tertiary/aromatic N) is 3. The summed E-state index contributed by atoms with van der Waals surface area (Å²) in [6.45, 7) is 4.67. The van der Waals surface area contributed by atoms with Gasteiger partial charge in [-0.15, -0.1) is 24.5 Å². The molecule has 1 aliphatic rings.